The minimum absolute atomic E-state index is 0.669. The third kappa shape index (κ3) is 0.686. The fourth-order valence-corrected chi connectivity index (χ4v) is 2.20. The van der Waals surface area contributed by atoms with Crippen molar-refractivity contribution < 1.29 is 0 Å². The van der Waals surface area contributed by atoms with Crippen molar-refractivity contribution in [1.29, 1.82) is 0 Å². The van der Waals surface area contributed by atoms with Gasteiger partial charge in [-0.15, -0.1) is 11.3 Å². The molecule has 0 radical (unpaired) electrons. The molecule has 54 valence electrons. The van der Waals surface area contributed by atoms with Crippen LogP contribution in [-0.2, 0) is 6.54 Å². The zero-order valence-electron chi connectivity index (χ0n) is 6.29. The lowest BCUT2D eigenvalue weighted by Gasteiger charge is -2.36. The highest BCUT2D eigenvalue weighted by Gasteiger charge is 2.25. The normalized spacial score (nSPS) is 15.3. The second-order valence-corrected chi connectivity index (χ2v) is 3.95. The standard InChI is InChI=1S/C8H11NS/c1-6(2)9-5-8-7(9)3-4-10-8/h3-4,6H,5H2,1-2H3. The summed E-state index contributed by atoms with van der Waals surface area (Å²) in [5, 5.41) is 2.17. The number of fused-ring (bicyclic) bond motifs is 1. The topological polar surface area (TPSA) is 3.24 Å². The van der Waals surface area contributed by atoms with E-state index in [9.17, 15) is 0 Å². The fraction of sp³-hybridized carbons (Fsp3) is 0.500. The van der Waals surface area contributed by atoms with Crippen molar-refractivity contribution in [2.75, 3.05) is 4.90 Å². The second-order valence-electron chi connectivity index (χ2n) is 2.95. The molecule has 0 fully saturated rings. The lowest BCUT2D eigenvalue weighted by Crippen LogP contribution is -2.36. The highest BCUT2D eigenvalue weighted by Crippen LogP contribution is 2.38. The summed E-state index contributed by atoms with van der Waals surface area (Å²) in [5.74, 6) is 0. The number of anilines is 1. The Morgan fingerprint density at radius 1 is 1.60 bits per heavy atom. The van der Waals surface area contributed by atoms with E-state index >= 15 is 0 Å². The molecule has 2 heteroatoms. The van der Waals surface area contributed by atoms with Crippen LogP contribution in [-0.4, -0.2) is 6.04 Å². The molecule has 0 unspecified atom stereocenters. The minimum Gasteiger partial charge on any atom is -0.363 e. The van der Waals surface area contributed by atoms with Crippen LogP contribution in [0, 0.1) is 0 Å². The number of hydrogen-bond donors (Lipinski definition) is 0. The maximum Gasteiger partial charge on any atom is 0.0546 e. The first kappa shape index (κ1) is 6.23. The average Bonchev–Trinajstić information content (AvgIpc) is 2.11. The number of hydrogen-bond acceptors (Lipinski definition) is 2. The second kappa shape index (κ2) is 1.99. The largest absolute Gasteiger partial charge is 0.363 e. The van der Waals surface area contributed by atoms with E-state index < -0.39 is 0 Å². The molecule has 0 saturated heterocycles. The van der Waals surface area contributed by atoms with Crippen molar-refractivity contribution in [3.05, 3.63) is 16.3 Å². The third-order valence-corrected chi connectivity index (χ3v) is 2.86. The monoisotopic (exact) mass is 153 g/mol. The molecule has 1 aliphatic rings. The lowest BCUT2D eigenvalue weighted by atomic mass is 10.1. The van der Waals surface area contributed by atoms with Crippen molar-refractivity contribution in [3.8, 4) is 0 Å². The van der Waals surface area contributed by atoms with Gasteiger partial charge < -0.3 is 4.90 Å². The average molecular weight is 153 g/mol. The van der Waals surface area contributed by atoms with E-state index in [1.807, 2.05) is 11.3 Å². The van der Waals surface area contributed by atoms with Crippen molar-refractivity contribution >= 4 is 17.0 Å². The lowest BCUT2D eigenvalue weighted by molar-refractivity contribution is 0.648. The van der Waals surface area contributed by atoms with Crippen molar-refractivity contribution in [1.82, 2.24) is 0 Å². The molecule has 0 amide bonds. The van der Waals surface area contributed by atoms with Crippen LogP contribution in [0.4, 0.5) is 5.69 Å². The molecule has 0 spiro atoms. The van der Waals surface area contributed by atoms with Crippen LogP contribution < -0.4 is 4.90 Å². The van der Waals surface area contributed by atoms with Gasteiger partial charge in [0.2, 0.25) is 0 Å². The molecule has 1 aromatic rings. The quantitative estimate of drug-likeness (QED) is 0.599. The van der Waals surface area contributed by atoms with Gasteiger partial charge in [-0.3, -0.25) is 0 Å². The highest BCUT2D eigenvalue weighted by atomic mass is 32.1. The van der Waals surface area contributed by atoms with Crippen molar-refractivity contribution in [2.24, 2.45) is 0 Å². The Morgan fingerprint density at radius 2 is 2.40 bits per heavy atom. The van der Waals surface area contributed by atoms with E-state index in [4.69, 9.17) is 0 Å². The highest BCUT2D eigenvalue weighted by molar-refractivity contribution is 7.10. The van der Waals surface area contributed by atoms with Gasteiger partial charge in [0.1, 0.15) is 0 Å². The van der Waals surface area contributed by atoms with E-state index in [1.54, 1.807) is 4.88 Å². The predicted molar refractivity (Wildman–Crippen MR) is 45.6 cm³/mol. The molecule has 2 rings (SSSR count). The molecule has 0 aromatic carbocycles. The van der Waals surface area contributed by atoms with E-state index in [0.29, 0.717) is 6.04 Å². The summed E-state index contributed by atoms with van der Waals surface area (Å²) >= 11 is 1.87. The smallest absolute Gasteiger partial charge is 0.0546 e. The summed E-state index contributed by atoms with van der Waals surface area (Å²) in [7, 11) is 0. The summed E-state index contributed by atoms with van der Waals surface area (Å²) in [6.45, 7) is 5.64. The van der Waals surface area contributed by atoms with Crippen LogP contribution in [0.15, 0.2) is 11.4 Å². The van der Waals surface area contributed by atoms with E-state index in [-0.39, 0.29) is 0 Å². The van der Waals surface area contributed by atoms with Gasteiger partial charge in [-0.25, -0.2) is 0 Å². The summed E-state index contributed by atoms with van der Waals surface area (Å²) in [6, 6.07) is 2.88. The fourth-order valence-electron chi connectivity index (χ4n) is 1.32. The molecule has 0 bridgehead atoms. The van der Waals surface area contributed by atoms with Gasteiger partial charge in [0.25, 0.3) is 0 Å². The third-order valence-electron chi connectivity index (χ3n) is 1.97. The molecule has 0 N–H and O–H groups in total. The first-order chi connectivity index (χ1) is 4.79. The van der Waals surface area contributed by atoms with Gasteiger partial charge in [0, 0.05) is 10.9 Å². The van der Waals surface area contributed by atoms with Crippen LogP contribution in [0.3, 0.4) is 0 Å². The van der Waals surface area contributed by atoms with Gasteiger partial charge in [-0.2, -0.15) is 0 Å². The van der Waals surface area contributed by atoms with Crippen molar-refractivity contribution in [3.63, 3.8) is 0 Å². The zero-order valence-corrected chi connectivity index (χ0v) is 7.11. The molecule has 0 saturated carbocycles. The molecule has 1 aromatic heterocycles. The van der Waals surface area contributed by atoms with Gasteiger partial charge in [-0.05, 0) is 25.3 Å². The van der Waals surface area contributed by atoms with E-state index in [0.717, 1.165) is 0 Å². The van der Waals surface area contributed by atoms with Gasteiger partial charge >= 0.3 is 0 Å². The minimum atomic E-state index is 0.669. The summed E-state index contributed by atoms with van der Waals surface area (Å²) < 4.78 is 0. The Morgan fingerprint density at radius 3 is 3.00 bits per heavy atom. The Bertz CT molecular complexity index is 239. The van der Waals surface area contributed by atoms with Crippen LogP contribution in [0.25, 0.3) is 0 Å². The van der Waals surface area contributed by atoms with Gasteiger partial charge in [0.05, 0.1) is 12.2 Å². The SMILES string of the molecule is CC(C)N1Cc2sccc21. The molecule has 0 atom stereocenters. The molecular formula is C8H11NS. The van der Waals surface area contributed by atoms with Gasteiger partial charge in [-0.1, -0.05) is 0 Å². The Kier molecular flexibility index (Phi) is 1.24. The Hall–Kier alpha value is -0.500. The Labute approximate surface area is 65.3 Å². The first-order valence-corrected chi connectivity index (χ1v) is 4.50. The van der Waals surface area contributed by atoms with Crippen LogP contribution >= 0.6 is 11.3 Å². The van der Waals surface area contributed by atoms with Crippen LogP contribution in [0.5, 0.6) is 0 Å². The number of thiophene rings is 1. The maximum absolute atomic E-state index is 2.42. The predicted octanol–water partition coefficient (Wildman–Crippen LogP) is 2.48. The maximum atomic E-state index is 2.42. The first-order valence-electron chi connectivity index (χ1n) is 3.62. The molecule has 10 heavy (non-hydrogen) atoms. The number of nitrogens with zero attached hydrogens (tertiary/aromatic N) is 1. The van der Waals surface area contributed by atoms with Crippen molar-refractivity contribution in [2.45, 2.75) is 26.4 Å². The Balaban J connectivity index is 2.25. The summed E-state index contributed by atoms with van der Waals surface area (Å²) in [4.78, 5) is 3.97. The molecular weight excluding hydrogens is 142 g/mol. The zero-order chi connectivity index (χ0) is 7.14. The summed E-state index contributed by atoms with van der Waals surface area (Å²) in [6.07, 6.45) is 0. The van der Waals surface area contributed by atoms with Crippen LogP contribution in [0.2, 0.25) is 0 Å². The van der Waals surface area contributed by atoms with E-state index in [2.05, 4.69) is 30.2 Å². The molecule has 0 aliphatic carbocycles. The van der Waals surface area contributed by atoms with E-state index in [1.165, 1.54) is 12.2 Å². The van der Waals surface area contributed by atoms with Gasteiger partial charge in [0.15, 0.2) is 0 Å². The summed E-state index contributed by atoms with van der Waals surface area (Å²) in [5.41, 5.74) is 1.46. The number of rotatable bonds is 1. The van der Waals surface area contributed by atoms with Crippen LogP contribution in [0.1, 0.15) is 18.7 Å². The molecule has 1 nitrogen and oxygen atoms in total. The molecule has 2 heterocycles. The molecule has 1 aliphatic heterocycles.